The molecule has 1 heterocycles. The van der Waals surface area contributed by atoms with Gasteiger partial charge in [0.15, 0.2) is 0 Å². The summed E-state index contributed by atoms with van der Waals surface area (Å²) in [6.45, 7) is 2.20. The lowest BCUT2D eigenvalue weighted by Gasteiger charge is -2.13. The third kappa shape index (κ3) is 4.26. The minimum absolute atomic E-state index is 0.0254. The van der Waals surface area contributed by atoms with Gasteiger partial charge in [-0.15, -0.1) is 11.3 Å². The number of anilines is 1. The maximum absolute atomic E-state index is 11.8. The van der Waals surface area contributed by atoms with Crippen LogP contribution in [-0.4, -0.2) is 12.5 Å². The van der Waals surface area contributed by atoms with Gasteiger partial charge < -0.3 is 10.6 Å². The molecule has 0 aliphatic carbocycles. The quantitative estimate of drug-likeness (QED) is 0.883. The highest BCUT2D eigenvalue weighted by Crippen LogP contribution is 2.26. The van der Waals surface area contributed by atoms with E-state index in [1.807, 2.05) is 49.4 Å². The van der Waals surface area contributed by atoms with Crippen molar-refractivity contribution in [1.82, 2.24) is 5.32 Å². The molecule has 2 rings (SSSR count). The van der Waals surface area contributed by atoms with Gasteiger partial charge in [0.1, 0.15) is 0 Å². The normalized spacial score (nSPS) is 11.9. The summed E-state index contributed by atoms with van der Waals surface area (Å²) >= 11 is 7.36. The number of halogens is 1. The van der Waals surface area contributed by atoms with E-state index in [0.717, 1.165) is 14.9 Å². The molecule has 1 amide bonds. The molecular weight excluding hydrogens is 280 g/mol. The van der Waals surface area contributed by atoms with Gasteiger partial charge >= 0.3 is 0 Å². The molecule has 1 unspecified atom stereocenters. The lowest BCUT2D eigenvalue weighted by atomic mass is 10.2. The fourth-order valence-electron chi connectivity index (χ4n) is 1.66. The van der Waals surface area contributed by atoms with Crippen LogP contribution in [0.1, 0.15) is 17.8 Å². The van der Waals surface area contributed by atoms with Crippen molar-refractivity contribution in [2.24, 2.45) is 0 Å². The van der Waals surface area contributed by atoms with Gasteiger partial charge in [-0.2, -0.15) is 0 Å². The summed E-state index contributed by atoms with van der Waals surface area (Å²) in [5, 5.41) is 6.00. The van der Waals surface area contributed by atoms with Gasteiger partial charge in [0.2, 0.25) is 5.91 Å². The van der Waals surface area contributed by atoms with Crippen LogP contribution in [0, 0.1) is 0 Å². The summed E-state index contributed by atoms with van der Waals surface area (Å²) in [5.41, 5.74) is 0.935. The second-order valence-electron chi connectivity index (χ2n) is 4.15. The maximum Gasteiger partial charge on any atom is 0.239 e. The molecule has 0 aliphatic heterocycles. The summed E-state index contributed by atoms with van der Waals surface area (Å²) < 4.78 is 0.735. The number of benzene rings is 1. The fraction of sp³-hybridized carbons (Fsp3) is 0.214. The molecule has 0 saturated heterocycles. The molecule has 1 aromatic carbocycles. The average Bonchev–Trinajstić information content (AvgIpc) is 2.84. The topological polar surface area (TPSA) is 41.1 Å². The Labute approximate surface area is 121 Å². The van der Waals surface area contributed by atoms with E-state index in [4.69, 9.17) is 11.6 Å². The zero-order valence-corrected chi connectivity index (χ0v) is 12.1. The van der Waals surface area contributed by atoms with Gasteiger partial charge in [-0.25, -0.2) is 0 Å². The highest BCUT2D eigenvalue weighted by Gasteiger charge is 2.11. The van der Waals surface area contributed by atoms with Crippen LogP contribution >= 0.6 is 22.9 Å². The molecule has 19 heavy (non-hydrogen) atoms. The number of carbonyl (C=O) groups is 1. The van der Waals surface area contributed by atoms with E-state index in [0.29, 0.717) is 0 Å². The molecule has 0 fully saturated rings. The van der Waals surface area contributed by atoms with Crippen molar-refractivity contribution in [1.29, 1.82) is 0 Å². The van der Waals surface area contributed by atoms with Crippen molar-refractivity contribution in [2.75, 3.05) is 11.9 Å². The molecular formula is C14H15ClN2OS. The van der Waals surface area contributed by atoms with Crippen molar-refractivity contribution in [3.63, 3.8) is 0 Å². The first-order valence-electron chi connectivity index (χ1n) is 5.98. The first kappa shape index (κ1) is 13.9. The highest BCUT2D eigenvalue weighted by atomic mass is 35.5. The van der Waals surface area contributed by atoms with Gasteiger partial charge in [0, 0.05) is 10.6 Å². The summed E-state index contributed by atoms with van der Waals surface area (Å²) in [6, 6.07) is 13.4. The van der Waals surface area contributed by atoms with Crippen LogP contribution in [-0.2, 0) is 4.79 Å². The Morgan fingerprint density at radius 3 is 2.63 bits per heavy atom. The summed E-state index contributed by atoms with van der Waals surface area (Å²) in [6.07, 6.45) is 0. The number of nitrogens with one attached hydrogen (secondary N) is 2. The van der Waals surface area contributed by atoms with Crippen LogP contribution < -0.4 is 10.6 Å². The maximum atomic E-state index is 11.8. The molecule has 1 aromatic heterocycles. The molecule has 2 N–H and O–H groups in total. The molecule has 100 valence electrons. The fourth-order valence-corrected chi connectivity index (χ4v) is 2.73. The van der Waals surface area contributed by atoms with E-state index >= 15 is 0 Å². The molecule has 0 radical (unpaired) electrons. The minimum Gasteiger partial charge on any atom is -0.376 e. The van der Waals surface area contributed by atoms with Gasteiger partial charge in [-0.1, -0.05) is 29.8 Å². The first-order valence-corrected chi connectivity index (χ1v) is 7.18. The number of amides is 1. The number of thiophene rings is 1. The van der Waals surface area contributed by atoms with Crippen LogP contribution in [0.5, 0.6) is 0 Å². The Morgan fingerprint density at radius 1 is 1.26 bits per heavy atom. The van der Waals surface area contributed by atoms with E-state index < -0.39 is 0 Å². The third-order valence-electron chi connectivity index (χ3n) is 2.63. The summed E-state index contributed by atoms with van der Waals surface area (Å²) in [7, 11) is 0. The van der Waals surface area contributed by atoms with E-state index in [2.05, 4.69) is 10.6 Å². The monoisotopic (exact) mass is 294 g/mol. The molecule has 5 heteroatoms. The number of carbonyl (C=O) groups excluding carboxylic acids is 1. The zero-order valence-electron chi connectivity index (χ0n) is 10.5. The molecule has 0 aliphatic rings. The van der Waals surface area contributed by atoms with E-state index in [1.165, 1.54) is 11.3 Å². The van der Waals surface area contributed by atoms with Crippen molar-refractivity contribution in [3.8, 4) is 0 Å². The van der Waals surface area contributed by atoms with Gasteiger partial charge in [0.25, 0.3) is 0 Å². The predicted molar refractivity (Wildman–Crippen MR) is 80.8 cm³/mol. The molecule has 3 nitrogen and oxygen atoms in total. The van der Waals surface area contributed by atoms with Crippen LogP contribution in [0.15, 0.2) is 42.5 Å². The summed E-state index contributed by atoms with van der Waals surface area (Å²) in [5.74, 6) is -0.0409. The van der Waals surface area contributed by atoms with E-state index in [9.17, 15) is 4.79 Å². The minimum atomic E-state index is -0.0409. The van der Waals surface area contributed by atoms with E-state index in [1.54, 1.807) is 0 Å². The lowest BCUT2D eigenvalue weighted by Crippen LogP contribution is -2.31. The van der Waals surface area contributed by atoms with E-state index in [-0.39, 0.29) is 18.5 Å². The number of hydrogen-bond donors (Lipinski definition) is 2. The smallest absolute Gasteiger partial charge is 0.239 e. The Morgan fingerprint density at radius 2 is 2.00 bits per heavy atom. The van der Waals surface area contributed by atoms with Crippen molar-refractivity contribution >= 4 is 34.5 Å². The molecule has 0 saturated carbocycles. The average molecular weight is 295 g/mol. The molecule has 2 aromatic rings. The van der Waals surface area contributed by atoms with Crippen LogP contribution in [0.4, 0.5) is 5.69 Å². The Balaban J connectivity index is 1.81. The standard InChI is InChI=1S/C14H15ClN2OS/c1-10(12-7-8-13(15)19-12)17-14(18)9-16-11-5-3-2-4-6-11/h2-8,10,16H,9H2,1H3,(H,17,18). The second-order valence-corrected chi connectivity index (χ2v) is 5.90. The predicted octanol–water partition coefficient (Wildman–Crippen LogP) is 3.69. The SMILES string of the molecule is CC(NC(=O)CNc1ccccc1)c1ccc(Cl)s1. The van der Waals surface area contributed by atoms with Crippen LogP contribution in [0.2, 0.25) is 4.34 Å². The van der Waals surface area contributed by atoms with Crippen molar-refractivity contribution in [3.05, 3.63) is 51.7 Å². The Kier molecular flexibility index (Phi) is 4.82. The Bertz CT molecular complexity index is 541. The largest absolute Gasteiger partial charge is 0.376 e. The molecule has 0 bridgehead atoms. The molecule has 1 atom stereocenters. The second kappa shape index (κ2) is 6.59. The third-order valence-corrected chi connectivity index (χ3v) is 4.04. The van der Waals surface area contributed by atoms with Gasteiger partial charge in [-0.05, 0) is 31.2 Å². The molecule has 0 spiro atoms. The Hall–Kier alpha value is -1.52. The number of hydrogen-bond acceptors (Lipinski definition) is 3. The van der Waals surface area contributed by atoms with Crippen molar-refractivity contribution < 1.29 is 4.79 Å². The van der Waals surface area contributed by atoms with Crippen LogP contribution in [0.3, 0.4) is 0 Å². The van der Waals surface area contributed by atoms with Crippen molar-refractivity contribution in [2.45, 2.75) is 13.0 Å². The lowest BCUT2D eigenvalue weighted by molar-refractivity contribution is -0.120. The number of para-hydroxylation sites is 1. The zero-order chi connectivity index (χ0) is 13.7. The van der Waals surface area contributed by atoms with Gasteiger partial charge in [0.05, 0.1) is 16.9 Å². The summed E-state index contributed by atoms with van der Waals surface area (Å²) in [4.78, 5) is 12.9. The highest BCUT2D eigenvalue weighted by molar-refractivity contribution is 7.16. The number of rotatable bonds is 5. The first-order chi connectivity index (χ1) is 9.15. The van der Waals surface area contributed by atoms with Crippen LogP contribution in [0.25, 0.3) is 0 Å². The van der Waals surface area contributed by atoms with Gasteiger partial charge in [-0.3, -0.25) is 4.79 Å².